The van der Waals surface area contributed by atoms with Crippen LogP contribution in [0.2, 0.25) is 0 Å². The number of alkyl halides is 3. The van der Waals surface area contributed by atoms with Gasteiger partial charge in [0.25, 0.3) is 0 Å². The Hall–Kier alpha value is -1.59. The van der Waals surface area contributed by atoms with Gasteiger partial charge in [-0.1, -0.05) is 13.3 Å². The molecule has 1 aromatic carbocycles. The summed E-state index contributed by atoms with van der Waals surface area (Å²) in [4.78, 5) is 0. The molecule has 0 amide bonds. The van der Waals surface area contributed by atoms with E-state index >= 15 is 0 Å². The molecule has 0 N–H and O–H groups in total. The lowest BCUT2D eigenvalue weighted by atomic mass is 10.1. The Morgan fingerprint density at radius 3 is 2.70 bits per heavy atom. The molecule has 0 saturated heterocycles. The van der Waals surface area contributed by atoms with Gasteiger partial charge in [-0.15, -0.1) is 0 Å². The average molecular weight is 286 g/mol. The Kier molecular flexibility index (Phi) is 2.99. The maximum Gasteiger partial charge on any atom is 0.408 e. The van der Waals surface area contributed by atoms with Crippen LogP contribution < -0.4 is 0 Å². The summed E-state index contributed by atoms with van der Waals surface area (Å²) in [5.41, 5.74) is 1.00. The van der Waals surface area contributed by atoms with E-state index in [0.717, 1.165) is 29.3 Å². The Bertz CT molecular complexity index is 644. The van der Waals surface area contributed by atoms with E-state index in [1.165, 1.54) is 6.07 Å². The van der Waals surface area contributed by atoms with Crippen LogP contribution in [0.1, 0.15) is 31.2 Å². The van der Waals surface area contributed by atoms with E-state index in [0.29, 0.717) is 5.92 Å². The van der Waals surface area contributed by atoms with Gasteiger partial charge < -0.3 is 0 Å². The molecule has 0 aliphatic heterocycles. The van der Waals surface area contributed by atoms with Gasteiger partial charge in [0.2, 0.25) is 0 Å². The number of hydrogen-bond donors (Lipinski definition) is 0. The average Bonchev–Trinajstić information content (AvgIpc) is 3.04. The molecule has 1 aromatic heterocycles. The van der Waals surface area contributed by atoms with Gasteiger partial charge in [0.15, 0.2) is 0 Å². The molecule has 2 nitrogen and oxygen atoms in total. The minimum Gasteiger partial charge on any atom is -0.256 e. The fraction of sp³-hybridized carbons (Fsp3) is 0.500. The molecule has 1 fully saturated rings. The van der Waals surface area contributed by atoms with Gasteiger partial charge in [-0.3, -0.25) is 4.68 Å². The second kappa shape index (κ2) is 4.46. The molecule has 0 bridgehead atoms. The van der Waals surface area contributed by atoms with Crippen LogP contribution in [0.25, 0.3) is 10.9 Å². The SMILES string of the molecule is CC[C@H]1C[C@@H]1c1cc(F)c2cnn(CC(F)(F)F)c2c1. The molecule has 20 heavy (non-hydrogen) atoms. The van der Waals surface area contributed by atoms with Gasteiger partial charge in [0.1, 0.15) is 12.4 Å². The molecule has 2 atom stereocenters. The summed E-state index contributed by atoms with van der Waals surface area (Å²) in [5, 5.41) is 3.80. The minimum atomic E-state index is -4.36. The first-order valence-electron chi connectivity index (χ1n) is 6.60. The molecule has 6 heteroatoms. The Balaban J connectivity index is 2.02. The van der Waals surface area contributed by atoms with E-state index < -0.39 is 18.5 Å². The highest BCUT2D eigenvalue weighted by atomic mass is 19.4. The van der Waals surface area contributed by atoms with Crippen molar-refractivity contribution in [3.8, 4) is 0 Å². The number of fused-ring (bicyclic) bond motifs is 1. The first kappa shape index (κ1) is 13.4. The molecule has 0 unspecified atom stereocenters. The molecule has 1 aliphatic carbocycles. The minimum absolute atomic E-state index is 0.145. The molecular weight excluding hydrogens is 272 g/mol. The number of aromatic nitrogens is 2. The van der Waals surface area contributed by atoms with E-state index in [-0.39, 0.29) is 16.8 Å². The lowest BCUT2D eigenvalue weighted by Crippen LogP contribution is -2.18. The van der Waals surface area contributed by atoms with E-state index in [1.807, 2.05) is 0 Å². The number of hydrogen-bond acceptors (Lipinski definition) is 1. The van der Waals surface area contributed by atoms with E-state index in [2.05, 4.69) is 12.0 Å². The summed E-state index contributed by atoms with van der Waals surface area (Å²) >= 11 is 0. The van der Waals surface area contributed by atoms with Crippen LogP contribution in [0, 0.1) is 11.7 Å². The molecule has 0 spiro atoms. The summed E-state index contributed by atoms with van der Waals surface area (Å²) in [7, 11) is 0. The highest BCUT2D eigenvalue weighted by molar-refractivity contribution is 5.80. The monoisotopic (exact) mass is 286 g/mol. The first-order chi connectivity index (χ1) is 9.39. The van der Waals surface area contributed by atoms with Gasteiger partial charge in [-0.2, -0.15) is 18.3 Å². The lowest BCUT2D eigenvalue weighted by Gasteiger charge is -2.08. The number of halogens is 4. The van der Waals surface area contributed by atoms with E-state index in [4.69, 9.17) is 0 Å². The normalized spacial score (nSPS) is 22.4. The smallest absolute Gasteiger partial charge is 0.256 e. The first-order valence-corrected chi connectivity index (χ1v) is 6.60. The van der Waals surface area contributed by atoms with Crippen LogP contribution in [-0.2, 0) is 6.54 Å². The standard InChI is InChI=1S/C14H14F4N2/c1-2-8-3-10(8)9-4-12(15)11-6-19-20(13(11)5-9)7-14(16,17)18/h4-6,8,10H,2-3,7H2,1H3/t8-,10-/m0/s1. The van der Waals surface area contributed by atoms with Crippen molar-refractivity contribution in [2.75, 3.05) is 0 Å². The number of benzene rings is 1. The summed E-state index contributed by atoms with van der Waals surface area (Å²) in [5.74, 6) is 0.298. The van der Waals surface area contributed by atoms with Crippen LogP contribution in [0.4, 0.5) is 17.6 Å². The second-order valence-corrected chi connectivity index (χ2v) is 5.36. The number of nitrogens with zero attached hydrogens (tertiary/aromatic N) is 2. The molecular formula is C14H14F4N2. The van der Waals surface area contributed by atoms with Crippen LogP contribution in [-0.4, -0.2) is 16.0 Å². The van der Waals surface area contributed by atoms with Gasteiger partial charge in [-0.05, 0) is 36.0 Å². The van der Waals surface area contributed by atoms with E-state index in [9.17, 15) is 17.6 Å². The van der Waals surface area contributed by atoms with Crippen molar-refractivity contribution in [2.24, 2.45) is 5.92 Å². The third kappa shape index (κ3) is 2.39. The molecule has 0 radical (unpaired) electrons. The van der Waals surface area contributed by atoms with Crippen LogP contribution in [0.15, 0.2) is 18.3 Å². The summed E-state index contributed by atoms with van der Waals surface area (Å²) < 4.78 is 52.2. The van der Waals surface area contributed by atoms with Crippen molar-refractivity contribution in [1.82, 2.24) is 9.78 Å². The predicted octanol–water partition coefficient (Wildman–Crippen LogP) is 4.25. The van der Waals surface area contributed by atoms with Gasteiger partial charge in [0, 0.05) is 0 Å². The van der Waals surface area contributed by atoms with Crippen LogP contribution in [0.5, 0.6) is 0 Å². The summed E-state index contributed by atoms with van der Waals surface area (Å²) in [6.07, 6.45) is -1.22. The highest BCUT2D eigenvalue weighted by Gasteiger charge is 2.37. The van der Waals surface area contributed by atoms with Crippen molar-refractivity contribution in [2.45, 2.75) is 38.4 Å². The molecule has 1 heterocycles. The third-order valence-electron chi connectivity index (χ3n) is 3.94. The zero-order valence-electron chi connectivity index (χ0n) is 10.9. The van der Waals surface area contributed by atoms with Crippen LogP contribution in [0.3, 0.4) is 0 Å². The van der Waals surface area contributed by atoms with Crippen molar-refractivity contribution in [1.29, 1.82) is 0 Å². The van der Waals surface area contributed by atoms with Crippen molar-refractivity contribution in [3.63, 3.8) is 0 Å². The third-order valence-corrected chi connectivity index (χ3v) is 3.94. The van der Waals surface area contributed by atoms with Crippen molar-refractivity contribution in [3.05, 3.63) is 29.7 Å². The summed E-state index contributed by atoms with van der Waals surface area (Å²) in [6.45, 7) is 0.870. The maximum absolute atomic E-state index is 14.0. The van der Waals surface area contributed by atoms with Crippen molar-refractivity contribution >= 4 is 10.9 Å². The molecule has 2 aromatic rings. The fourth-order valence-electron chi connectivity index (χ4n) is 2.77. The maximum atomic E-state index is 14.0. The zero-order chi connectivity index (χ0) is 14.5. The molecule has 108 valence electrons. The zero-order valence-corrected chi connectivity index (χ0v) is 10.9. The van der Waals surface area contributed by atoms with E-state index in [1.54, 1.807) is 6.07 Å². The van der Waals surface area contributed by atoms with Gasteiger partial charge >= 0.3 is 6.18 Å². The van der Waals surface area contributed by atoms with Crippen molar-refractivity contribution < 1.29 is 17.6 Å². The fourth-order valence-corrected chi connectivity index (χ4v) is 2.77. The van der Waals surface area contributed by atoms with Crippen LogP contribution >= 0.6 is 0 Å². The topological polar surface area (TPSA) is 17.8 Å². The second-order valence-electron chi connectivity index (χ2n) is 5.36. The molecule has 3 rings (SSSR count). The Morgan fingerprint density at radius 1 is 1.35 bits per heavy atom. The van der Waals surface area contributed by atoms with Gasteiger partial charge in [-0.25, -0.2) is 4.39 Å². The largest absolute Gasteiger partial charge is 0.408 e. The lowest BCUT2D eigenvalue weighted by molar-refractivity contribution is -0.141. The Labute approximate surface area is 113 Å². The Morgan fingerprint density at radius 2 is 2.10 bits per heavy atom. The summed E-state index contributed by atoms with van der Waals surface area (Å²) in [6, 6.07) is 3.08. The number of rotatable bonds is 3. The molecule has 1 saturated carbocycles. The van der Waals surface area contributed by atoms with Gasteiger partial charge in [0.05, 0.1) is 17.1 Å². The highest BCUT2D eigenvalue weighted by Crippen LogP contribution is 2.50. The quantitative estimate of drug-likeness (QED) is 0.771. The predicted molar refractivity (Wildman–Crippen MR) is 66.9 cm³/mol. The molecule has 1 aliphatic rings.